The molecule has 4 heterocycles. The Labute approximate surface area is 264 Å². The van der Waals surface area contributed by atoms with Crippen molar-refractivity contribution in [2.24, 2.45) is 5.73 Å². The third kappa shape index (κ3) is 8.74. The van der Waals surface area contributed by atoms with Gasteiger partial charge in [0.15, 0.2) is 11.5 Å². The maximum absolute atomic E-state index is 6.29. The number of anilines is 1. The first-order valence-electron chi connectivity index (χ1n) is 16.3. The highest BCUT2D eigenvalue weighted by Crippen LogP contribution is 2.32. The van der Waals surface area contributed by atoms with Crippen LogP contribution in [0.5, 0.6) is 0 Å². The van der Waals surface area contributed by atoms with Crippen LogP contribution in [0.1, 0.15) is 72.8 Å². The minimum absolute atomic E-state index is 0.327. The van der Waals surface area contributed by atoms with Gasteiger partial charge in [0, 0.05) is 30.0 Å². The van der Waals surface area contributed by atoms with Crippen molar-refractivity contribution in [3.8, 4) is 28.3 Å². The Morgan fingerprint density at radius 2 is 1.50 bits per heavy atom. The van der Waals surface area contributed by atoms with Gasteiger partial charge in [0.25, 0.3) is 0 Å². The van der Waals surface area contributed by atoms with Crippen LogP contribution in [0.3, 0.4) is 0 Å². The molecular formula is C37H51N7. The largest absolute Gasteiger partial charge is 0.383 e. The summed E-state index contributed by atoms with van der Waals surface area (Å²) in [7, 11) is 0. The number of hydrogen-bond acceptors (Lipinski definition) is 6. The quantitative estimate of drug-likeness (QED) is 0.212. The summed E-state index contributed by atoms with van der Waals surface area (Å²) in [5.74, 6) is 1.17. The van der Waals surface area contributed by atoms with Crippen molar-refractivity contribution in [3.05, 3.63) is 90.6 Å². The van der Waals surface area contributed by atoms with E-state index in [1.165, 1.54) is 12.0 Å². The third-order valence-electron chi connectivity index (χ3n) is 7.12. The maximum atomic E-state index is 6.29. The Morgan fingerprint density at radius 1 is 0.795 bits per heavy atom. The number of nitrogens with zero attached hydrogens (tertiary/aromatic N) is 5. The molecule has 0 saturated carbocycles. The van der Waals surface area contributed by atoms with E-state index in [9.17, 15) is 0 Å². The van der Waals surface area contributed by atoms with Gasteiger partial charge < -0.3 is 11.5 Å². The SMILES string of the molecule is CC.CC.CCC.Nc1ncccc1-c1nc2ccc(-c3ccccc3)nc2n1-c1ccc(CN2CCCC(N)CC2)cc1. The summed E-state index contributed by atoms with van der Waals surface area (Å²) in [5.41, 5.74) is 19.1. The molecule has 1 saturated heterocycles. The molecule has 5 aromatic rings. The lowest BCUT2D eigenvalue weighted by atomic mass is 10.1. The molecule has 2 aromatic carbocycles. The van der Waals surface area contributed by atoms with Crippen molar-refractivity contribution in [1.29, 1.82) is 0 Å². The smallest absolute Gasteiger partial charge is 0.165 e. The van der Waals surface area contributed by atoms with E-state index in [1.54, 1.807) is 6.20 Å². The summed E-state index contributed by atoms with van der Waals surface area (Å²) in [6.07, 6.45) is 6.28. The summed E-state index contributed by atoms with van der Waals surface area (Å²) in [5, 5.41) is 0. The van der Waals surface area contributed by atoms with Crippen molar-refractivity contribution in [3.63, 3.8) is 0 Å². The first-order chi connectivity index (χ1) is 21.6. The molecule has 0 amide bonds. The number of pyridine rings is 2. The predicted molar refractivity (Wildman–Crippen MR) is 188 cm³/mol. The fourth-order valence-corrected chi connectivity index (χ4v) is 5.11. The van der Waals surface area contributed by atoms with Crippen molar-refractivity contribution in [2.45, 2.75) is 79.8 Å². The molecule has 0 bridgehead atoms. The lowest BCUT2D eigenvalue weighted by molar-refractivity contribution is 0.276. The van der Waals surface area contributed by atoms with Crippen LogP contribution >= 0.6 is 0 Å². The Bertz CT molecular complexity index is 1530. The van der Waals surface area contributed by atoms with Crippen LogP contribution in [0.15, 0.2) is 85.1 Å². The molecule has 6 rings (SSSR count). The minimum Gasteiger partial charge on any atom is -0.383 e. The van der Waals surface area contributed by atoms with E-state index >= 15 is 0 Å². The van der Waals surface area contributed by atoms with Gasteiger partial charge in [-0.2, -0.15) is 0 Å². The summed E-state index contributed by atoms with van der Waals surface area (Å²) < 4.78 is 2.09. The number of imidazole rings is 1. The molecule has 1 atom stereocenters. The van der Waals surface area contributed by atoms with Gasteiger partial charge in [-0.15, -0.1) is 0 Å². The van der Waals surface area contributed by atoms with Gasteiger partial charge in [0.1, 0.15) is 11.3 Å². The lowest BCUT2D eigenvalue weighted by Crippen LogP contribution is -2.26. The molecule has 0 radical (unpaired) electrons. The second kappa shape index (κ2) is 17.9. The number of aromatic nitrogens is 4. The number of fused-ring (bicyclic) bond motifs is 1. The van der Waals surface area contributed by atoms with E-state index in [0.29, 0.717) is 11.9 Å². The number of nitrogen functional groups attached to an aromatic ring is 1. The highest BCUT2D eigenvalue weighted by molar-refractivity contribution is 5.84. The van der Waals surface area contributed by atoms with Gasteiger partial charge in [-0.1, -0.05) is 90.4 Å². The van der Waals surface area contributed by atoms with Gasteiger partial charge in [0.2, 0.25) is 0 Å². The van der Waals surface area contributed by atoms with Crippen LogP contribution in [-0.4, -0.2) is 43.6 Å². The molecule has 44 heavy (non-hydrogen) atoms. The average molecular weight is 594 g/mol. The highest BCUT2D eigenvalue weighted by atomic mass is 15.1. The van der Waals surface area contributed by atoms with Gasteiger partial charge in [-0.25, -0.2) is 15.0 Å². The third-order valence-corrected chi connectivity index (χ3v) is 7.12. The standard InChI is InChI=1S/C30H31N7.C3H8.2C2H6/c31-23-8-5-18-36(19-16-23)20-21-10-12-24(13-11-21)37-29(25-9-4-17-33-28(25)32)35-27-15-14-26(34-30(27)37)22-6-2-1-3-7-22;1-3-2;2*1-2/h1-4,6-7,9-15,17,23H,5,8,16,18-20,31H2,(H2,32,33);3H2,1-2H3;2*1-2H3. The van der Waals surface area contributed by atoms with Crippen molar-refractivity contribution in [2.75, 3.05) is 18.8 Å². The Kier molecular flexibility index (Phi) is 14.0. The topological polar surface area (TPSA) is 98.9 Å². The van der Waals surface area contributed by atoms with Crippen LogP contribution in [-0.2, 0) is 6.54 Å². The molecule has 4 N–H and O–H groups in total. The van der Waals surface area contributed by atoms with Gasteiger partial charge in [0.05, 0.1) is 11.3 Å². The van der Waals surface area contributed by atoms with E-state index in [4.69, 9.17) is 21.4 Å². The van der Waals surface area contributed by atoms with Crippen molar-refractivity contribution < 1.29 is 0 Å². The zero-order valence-electron chi connectivity index (χ0n) is 27.5. The summed E-state index contributed by atoms with van der Waals surface area (Å²) in [6, 6.07) is 27.1. The fraction of sp³-hybridized carbons (Fsp3) is 0.378. The van der Waals surface area contributed by atoms with E-state index < -0.39 is 0 Å². The number of hydrogen-bond donors (Lipinski definition) is 2. The molecule has 7 nitrogen and oxygen atoms in total. The van der Waals surface area contributed by atoms with E-state index in [2.05, 4.69) is 64.7 Å². The van der Waals surface area contributed by atoms with Crippen molar-refractivity contribution in [1.82, 2.24) is 24.4 Å². The first-order valence-corrected chi connectivity index (χ1v) is 16.3. The number of nitrogens with two attached hydrogens (primary N) is 2. The second-order valence-electron chi connectivity index (χ2n) is 10.5. The van der Waals surface area contributed by atoms with Crippen molar-refractivity contribution >= 4 is 17.0 Å². The molecule has 1 fully saturated rings. The lowest BCUT2D eigenvalue weighted by Gasteiger charge is -2.20. The fourth-order valence-electron chi connectivity index (χ4n) is 5.11. The van der Waals surface area contributed by atoms with Crippen LogP contribution in [0.25, 0.3) is 39.5 Å². The average Bonchev–Trinajstić information content (AvgIpc) is 3.32. The minimum atomic E-state index is 0.327. The van der Waals surface area contributed by atoms with E-state index in [1.807, 2.05) is 70.2 Å². The van der Waals surface area contributed by atoms with Gasteiger partial charge in [-0.3, -0.25) is 9.47 Å². The zero-order valence-corrected chi connectivity index (χ0v) is 27.5. The van der Waals surface area contributed by atoms with Crippen LogP contribution < -0.4 is 11.5 Å². The summed E-state index contributed by atoms with van der Waals surface area (Å²) >= 11 is 0. The second-order valence-corrected chi connectivity index (χ2v) is 10.5. The van der Waals surface area contributed by atoms with E-state index in [0.717, 1.165) is 78.4 Å². The normalized spacial score (nSPS) is 14.7. The molecule has 3 aromatic heterocycles. The Hall–Kier alpha value is -4.07. The summed E-state index contributed by atoms with van der Waals surface area (Å²) in [6.45, 7) is 15.3. The van der Waals surface area contributed by atoms with Gasteiger partial charge >= 0.3 is 0 Å². The monoisotopic (exact) mass is 593 g/mol. The Morgan fingerprint density at radius 3 is 2.18 bits per heavy atom. The highest BCUT2D eigenvalue weighted by Gasteiger charge is 2.19. The Balaban J connectivity index is 0.000000701. The molecule has 7 heteroatoms. The molecule has 1 unspecified atom stereocenters. The predicted octanol–water partition coefficient (Wildman–Crippen LogP) is 8.51. The number of likely N-dealkylation sites (tertiary alicyclic amines) is 1. The zero-order chi connectivity index (χ0) is 31.9. The number of benzene rings is 2. The molecule has 1 aliphatic rings. The number of rotatable bonds is 5. The summed E-state index contributed by atoms with van der Waals surface area (Å²) in [4.78, 5) is 16.8. The maximum Gasteiger partial charge on any atom is 0.165 e. The molecule has 1 aliphatic heterocycles. The van der Waals surface area contributed by atoms with E-state index in [-0.39, 0.29) is 0 Å². The molecule has 0 spiro atoms. The molecular weight excluding hydrogens is 542 g/mol. The van der Waals surface area contributed by atoms with Crippen LogP contribution in [0.2, 0.25) is 0 Å². The van der Waals surface area contributed by atoms with Gasteiger partial charge in [-0.05, 0) is 74.3 Å². The molecule has 0 aliphatic carbocycles. The molecule has 234 valence electrons. The first kappa shape index (κ1) is 34.4. The van der Waals surface area contributed by atoms with Crippen LogP contribution in [0.4, 0.5) is 5.82 Å². The van der Waals surface area contributed by atoms with Crippen LogP contribution in [0, 0.1) is 0 Å².